The zero-order valence-corrected chi connectivity index (χ0v) is 15.8. The van der Waals surface area contributed by atoms with Crippen LogP contribution >= 0.6 is 15.9 Å². The van der Waals surface area contributed by atoms with Gasteiger partial charge < -0.3 is 14.2 Å². The third-order valence-electron chi connectivity index (χ3n) is 4.67. The third kappa shape index (κ3) is 3.37. The summed E-state index contributed by atoms with van der Waals surface area (Å²) in [5.74, 6) is 0. The molecule has 0 bridgehead atoms. The van der Waals surface area contributed by atoms with Crippen LogP contribution in [0.25, 0.3) is 5.69 Å². The summed E-state index contributed by atoms with van der Waals surface area (Å²) in [6.45, 7) is 3.85. The number of benzene rings is 2. The van der Waals surface area contributed by atoms with Crippen molar-refractivity contribution >= 4 is 21.6 Å². The van der Waals surface area contributed by atoms with E-state index >= 15 is 0 Å². The standard InChI is InChI=1S/C21H21BrN2O/c1-2-16-6-8-19(9-7-16)24-12-13-25-21(24)17-10-11-23(15-17)20-5-3-4-18(22)14-20/h3-11,14-15,21H,2,12-13H2,1H3. The molecule has 2 aromatic carbocycles. The number of halogens is 1. The maximum absolute atomic E-state index is 6.04. The van der Waals surface area contributed by atoms with E-state index in [-0.39, 0.29) is 6.23 Å². The highest BCUT2D eigenvalue weighted by atomic mass is 79.9. The molecule has 1 aliphatic rings. The Morgan fingerprint density at radius 1 is 1.08 bits per heavy atom. The van der Waals surface area contributed by atoms with E-state index in [4.69, 9.17) is 4.74 Å². The minimum absolute atomic E-state index is 0.0270. The zero-order valence-electron chi connectivity index (χ0n) is 14.2. The largest absolute Gasteiger partial charge is 0.352 e. The number of nitrogens with zero attached hydrogens (tertiary/aromatic N) is 2. The van der Waals surface area contributed by atoms with E-state index in [2.05, 4.69) is 87.2 Å². The van der Waals surface area contributed by atoms with Crippen LogP contribution in [0.4, 0.5) is 5.69 Å². The first-order chi connectivity index (χ1) is 12.2. The van der Waals surface area contributed by atoms with Gasteiger partial charge in [-0.3, -0.25) is 0 Å². The van der Waals surface area contributed by atoms with E-state index in [0.29, 0.717) is 0 Å². The number of anilines is 1. The molecule has 1 fully saturated rings. The smallest absolute Gasteiger partial charge is 0.158 e. The van der Waals surface area contributed by atoms with Gasteiger partial charge in [0.05, 0.1) is 6.61 Å². The Bertz CT molecular complexity index is 856. The number of aryl methyl sites for hydroxylation is 1. The summed E-state index contributed by atoms with van der Waals surface area (Å²) in [6, 6.07) is 19.3. The molecule has 2 heterocycles. The van der Waals surface area contributed by atoms with Gasteiger partial charge in [-0.1, -0.05) is 41.1 Å². The van der Waals surface area contributed by atoms with Crippen molar-refractivity contribution in [3.8, 4) is 5.69 Å². The summed E-state index contributed by atoms with van der Waals surface area (Å²) >= 11 is 3.54. The van der Waals surface area contributed by atoms with Gasteiger partial charge in [0.1, 0.15) is 0 Å². The molecule has 3 aromatic rings. The highest BCUT2D eigenvalue weighted by Crippen LogP contribution is 2.33. The Balaban J connectivity index is 1.60. The predicted octanol–water partition coefficient (Wildman–Crippen LogP) is 5.34. The van der Waals surface area contributed by atoms with E-state index in [9.17, 15) is 0 Å². The molecule has 1 aromatic heterocycles. The van der Waals surface area contributed by atoms with Gasteiger partial charge in [0.25, 0.3) is 0 Å². The lowest BCUT2D eigenvalue weighted by molar-refractivity contribution is 0.114. The summed E-state index contributed by atoms with van der Waals surface area (Å²) in [5, 5.41) is 0. The molecule has 1 saturated heterocycles. The Morgan fingerprint density at radius 2 is 1.92 bits per heavy atom. The van der Waals surface area contributed by atoms with Crippen LogP contribution in [-0.2, 0) is 11.2 Å². The van der Waals surface area contributed by atoms with E-state index < -0.39 is 0 Å². The molecular formula is C21H21BrN2O. The summed E-state index contributed by atoms with van der Waals surface area (Å²) < 4.78 is 9.26. The molecule has 0 amide bonds. The van der Waals surface area contributed by atoms with Crippen LogP contribution in [0.3, 0.4) is 0 Å². The molecule has 0 spiro atoms. The molecule has 0 saturated carbocycles. The molecule has 1 atom stereocenters. The van der Waals surface area contributed by atoms with Gasteiger partial charge in [-0.15, -0.1) is 0 Å². The van der Waals surface area contributed by atoms with Crippen molar-refractivity contribution in [1.82, 2.24) is 4.57 Å². The maximum atomic E-state index is 6.04. The van der Waals surface area contributed by atoms with Crippen molar-refractivity contribution in [3.05, 3.63) is 82.6 Å². The van der Waals surface area contributed by atoms with E-state index in [1.807, 2.05) is 12.1 Å². The number of aromatic nitrogens is 1. The van der Waals surface area contributed by atoms with Gasteiger partial charge in [0.15, 0.2) is 6.23 Å². The van der Waals surface area contributed by atoms with Gasteiger partial charge in [0, 0.05) is 40.3 Å². The normalized spacial score (nSPS) is 17.2. The quantitative estimate of drug-likeness (QED) is 0.592. The molecule has 25 heavy (non-hydrogen) atoms. The summed E-state index contributed by atoms with van der Waals surface area (Å²) in [6.07, 6.45) is 5.29. The van der Waals surface area contributed by atoms with Gasteiger partial charge in [-0.2, -0.15) is 0 Å². The number of hydrogen-bond donors (Lipinski definition) is 0. The highest BCUT2D eigenvalue weighted by molar-refractivity contribution is 9.10. The predicted molar refractivity (Wildman–Crippen MR) is 105 cm³/mol. The van der Waals surface area contributed by atoms with Gasteiger partial charge in [-0.05, 0) is 48.4 Å². The molecule has 1 unspecified atom stereocenters. The van der Waals surface area contributed by atoms with Crippen molar-refractivity contribution in [1.29, 1.82) is 0 Å². The second kappa shape index (κ2) is 7.06. The molecule has 128 valence electrons. The van der Waals surface area contributed by atoms with Crippen LogP contribution in [-0.4, -0.2) is 17.7 Å². The first-order valence-electron chi connectivity index (χ1n) is 8.65. The Hall–Kier alpha value is -2.04. The van der Waals surface area contributed by atoms with E-state index in [1.54, 1.807) is 0 Å². The topological polar surface area (TPSA) is 17.4 Å². The van der Waals surface area contributed by atoms with Crippen molar-refractivity contribution in [2.24, 2.45) is 0 Å². The van der Waals surface area contributed by atoms with Gasteiger partial charge in [-0.25, -0.2) is 0 Å². The fourth-order valence-electron chi connectivity index (χ4n) is 3.29. The van der Waals surface area contributed by atoms with Crippen molar-refractivity contribution < 1.29 is 4.74 Å². The summed E-state index contributed by atoms with van der Waals surface area (Å²) in [5.41, 5.74) is 4.89. The average molecular weight is 397 g/mol. The Labute approximate surface area is 157 Å². The molecule has 4 rings (SSSR count). The Kier molecular flexibility index (Phi) is 4.64. The summed E-state index contributed by atoms with van der Waals surface area (Å²) in [4.78, 5) is 2.33. The second-order valence-electron chi connectivity index (χ2n) is 6.27. The SMILES string of the molecule is CCc1ccc(N2CCOC2c2ccn(-c3cccc(Br)c3)c2)cc1. The molecular weight excluding hydrogens is 376 g/mol. The fourth-order valence-corrected chi connectivity index (χ4v) is 3.68. The van der Waals surface area contributed by atoms with E-state index in [1.165, 1.54) is 16.8 Å². The lowest BCUT2D eigenvalue weighted by atomic mass is 10.1. The number of rotatable bonds is 4. The van der Waals surface area contributed by atoms with Crippen LogP contribution in [0, 0.1) is 0 Å². The highest BCUT2D eigenvalue weighted by Gasteiger charge is 2.27. The number of ether oxygens (including phenoxy) is 1. The van der Waals surface area contributed by atoms with Gasteiger partial charge in [0.2, 0.25) is 0 Å². The summed E-state index contributed by atoms with van der Waals surface area (Å²) in [7, 11) is 0. The third-order valence-corrected chi connectivity index (χ3v) is 5.17. The molecule has 0 radical (unpaired) electrons. The van der Waals surface area contributed by atoms with Crippen LogP contribution in [0.2, 0.25) is 0 Å². The molecule has 0 aliphatic carbocycles. The van der Waals surface area contributed by atoms with Crippen molar-refractivity contribution in [2.45, 2.75) is 19.6 Å². The molecule has 4 heteroatoms. The van der Waals surface area contributed by atoms with Crippen molar-refractivity contribution in [2.75, 3.05) is 18.1 Å². The van der Waals surface area contributed by atoms with E-state index in [0.717, 1.165) is 29.7 Å². The minimum atomic E-state index is -0.0270. The zero-order chi connectivity index (χ0) is 17.2. The number of hydrogen-bond acceptors (Lipinski definition) is 2. The lowest BCUT2D eigenvalue weighted by Crippen LogP contribution is -2.22. The monoisotopic (exact) mass is 396 g/mol. The minimum Gasteiger partial charge on any atom is -0.352 e. The second-order valence-corrected chi connectivity index (χ2v) is 7.18. The van der Waals surface area contributed by atoms with Crippen molar-refractivity contribution in [3.63, 3.8) is 0 Å². The first kappa shape index (κ1) is 16.4. The van der Waals surface area contributed by atoms with Crippen LogP contribution < -0.4 is 4.90 Å². The van der Waals surface area contributed by atoms with Crippen LogP contribution in [0.1, 0.15) is 24.3 Å². The average Bonchev–Trinajstić information content (AvgIpc) is 3.31. The maximum Gasteiger partial charge on any atom is 0.158 e. The molecule has 0 N–H and O–H groups in total. The first-order valence-corrected chi connectivity index (χ1v) is 9.45. The fraction of sp³-hybridized carbons (Fsp3) is 0.238. The van der Waals surface area contributed by atoms with Crippen LogP contribution in [0.15, 0.2) is 71.5 Å². The van der Waals surface area contributed by atoms with Crippen LogP contribution in [0.5, 0.6) is 0 Å². The lowest BCUT2D eigenvalue weighted by Gasteiger charge is -2.24. The molecule has 3 nitrogen and oxygen atoms in total. The Morgan fingerprint density at radius 3 is 2.68 bits per heavy atom. The van der Waals surface area contributed by atoms with Gasteiger partial charge >= 0.3 is 0 Å². The molecule has 1 aliphatic heterocycles.